The van der Waals surface area contributed by atoms with Crippen molar-refractivity contribution in [3.05, 3.63) is 23.9 Å². The Balaban J connectivity index is 3.06. The minimum absolute atomic E-state index is 0.340. The van der Waals surface area contributed by atoms with Gasteiger partial charge in [0.05, 0.1) is 4.86 Å². The van der Waals surface area contributed by atoms with Gasteiger partial charge in [-0.3, -0.25) is 0 Å². The molecule has 1 aliphatic carbocycles. The van der Waals surface area contributed by atoms with Crippen molar-refractivity contribution in [2.45, 2.75) is 6.42 Å². The van der Waals surface area contributed by atoms with Crippen LogP contribution in [0.1, 0.15) is 6.42 Å². The highest BCUT2D eigenvalue weighted by Crippen LogP contribution is 2.02. The SMILES string of the molecule is NC1=CC=CC(=S(=O)=O)C1. The van der Waals surface area contributed by atoms with E-state index in [4.69, 9.17) is 5.73 Å². The molecule has 0 spiro atoms. The predicted octanol–water partition coefficient (Wildman–Crippen LogP) is -0.160. The number of allylic oxidation sites excluding steroid dienone is 4. The molecule has 0 heterocycles. The molecule has 0 saturated heterocycles. The van der Waals surface area contributed by atoms with Crippen molar-refractivity contribution < 1.29 is 8.42 Å². The van der Waals surface area contributed by atoms with Gasteiger partial charge in [-0.15, -0.1) is 0 Å². The summed E-state index contributed by atoms with van der Waals surface area (Å²) in [6.07, 6.45) is 5.20. The fourth-order valence-corrected chi connectivity index (χ4v) is 1.19. The molecule has 0 fully saturated rings. The van der Waals surface area contributed by atoms with Crippen LogP contribution in [0.3, 0.4) is 0 Å². The predicted molar refractivity (Wildman–Crippen MR) is 40.0 cm³/mol. The van der Waals surface area contributed by atoms with Gasteiger partial charge in [0.15, 0.2) is 0 Å². The van der Waals surface area contributed by atoms with E-state index >= 15 is 0 Å². The summed E-state index contributed by atoms with van der Waals surface area (Å²) in [7, 11) is -2.11. The summed E-state index contributed by atoms with van der Waals surface area (Å²) in [5.41, 5.74) is 5.96. The van der Waals surface area contributed by atoms with Crippen LogP contribution in [0.2, 0.25) is 0 Å². The van der Waals surface area contributed by atoms with E-state index in [1.165, 1.54) is 0 Å². The molecular formula is C6H7NO2S. The lowest BCUT2D eigenvalue weighted by molar-refractivity contribution is 0.627. The molecule has 0 saturated carbocycles. The average Bonchev–Trinajstić information content (AvgIpc) is 1.88. The van der Waals surface area contributed by atoms with Gasteiger partial charge in [0.1, 0.15) is 0 Å². The molecule has 0 aromatic heterocycles. The van der Waals surface area contributed by atoms with E-state index in [1.54, 1.807) is 18.2 Å². The Morgan fingerprint density at radius 1 is 1.50 bits per heavy atom. The van der Waals surface area contributed by atoms with Gasteiger partial charge in [0, 0.05) is 12.1 Å². The quantitative estimate of drug-likeness (QED) is 0.497. The van der Waals surface area contributed by atoms with Crippen molar-refractivity contribution in [2.24, 2.45) is 5.73 Å². The first-order valence-electron chi connectivity index (χ1n) is 2.78. The van der Waals surface area contributed by atoms with Crippen LogP contribution in [-0.4, -0.2) is 13.3 Å². The maximum atomic E-state index is 10.3. The molecule has 1 aliphatic rings. The first-order valence-corrected chi connectivity index (χ1v) is 3.85. The van der Waals surface area contributed by atoms with E-state index < -0.39 is 10.3 Å². The van der Waals surface area contributed by atoms with Crippen LogP contribution in [0, 0.1) is 0 Å². The lowest BCUT2D eigenvalue weighted by Gasteiger charge is -2.00. The third-order valence-corrected chi connectivity index (χ3v) is 1.89. The lowest BCUT2D eigenvalue weighted by atomic mass is 10.1. The second kappa shape index (κ2) is 2.70. The molecule has 0 atom stereocenters. The fraction of sp³-hybridized carbons (Fsp3) is 0.167. The zero-order valence-electron chi connectivity index (χ0n) is 5.24. The second-order valence-electron chi connectivity index (χ2n) is 1.98. The summed E-state index contributed by atoms with van der Waals surface area (Å²) in [6, 6.07) is 0. The Morgan fingerprint density at radius 3 is 2.60 bits per heavy atom. The zero-order valence-corrected chi connectivity index (χ0v) is 6.06. The first-order chi connectivity index (χ1) is 4.70. The number of hydrogen-bond donors (Lipinski definition) is 1. The normalized spacial score (nSPS) is 16.8. The molecule has 3 nitrogen and oxygen atoms in total. The van der Waals surface area contributed by atoms with Gasteiger partial charge in [0.25, 0.3) is 0 Å². The Labute approximate surface area is 60.4 Å². The van der Waals surface area contributed by atoms with Gasteiger partial charge in [-0.05, 0) is 12.2 Å². The highest BCUT2D eigenvalue weighted by Gasteiger charge is 2.01. The summed E-state index contributed by atoms with van der Waals surface area (Å²) in [6.45, 7) is 0. The van der Waals surface area contributed by atoms with Gasteiger partial charge in [-0.25, -0.2) is 0 Å². The van der Waals surface area contributed by atoms with E-state index in [0.29, 0.717) is 17.0 Å². The van der Waals surface area contributed by atoms with E-state index in [-0.39, 0.29) is 0 Å². The van der Waals surface area contributed by atoms with Gasteiger partial charge >= 0.3 is 0 Å². The van der Waals surface area contributed by atoms with Crippen molar-refractivity contribution in [3.8, 4) is 0 Å². The number of rotatable bonds is 0. The highest BCUT2D eigenvalue weighted by molar-refractivity contribution is 7.73. The third kappa shape index (κ3) is 1.48. The topological polar surface area (TPSA) is 60.2 Å². The second-order valence-corrected chi connectivity index (χ2v) is 2.97. The third-order valence-electron chi connectivity index (χ3n) is 1.18. The van der Waals surface area contributed by atoms with E-state index in [1.807, 2.05) is 0 Å². The van der Waals surface area contributed by atoms with E-state index in [2.05, 4.69) is 0 Å². The Bertz CT molecular complexity index is 314. The van der Waals surface area contributed by atoms with Crippen LogP contribution in [0.5, 0.6) is 0 Å². The maximum Gasteiger partial charge on any atom is 0.217 e. The standard InChI is InChI=1S/C6H7NO2S/c7-5-2-1-3-6(4-5)10(8)9/h1-3H,4,7H2. The van der Waals surface area contributed by atoms with Crippen molar-refractivity contribution in [1.29, 1.82) is 0 Å². The summed E-state index contributed by atoms with van der Waals surface area (Å²) in [5, 5.41) is 0. The zero-order chi connectivity index (χ0) is 7.56. The largest absolute Gasteiger partial charge is 0.402 e. The van der Waals surface area contributed by atoms with Gasteiger partial charge in [0.2, 0.25) is 10.3 Å². The minimum atomic E-state index is -2.11. The van der Waals surface area contributed by atoms with Crippen molar-refractivity contribution in [3.63, 3.8) is 0 Å². The summed E-state index contributed by atoms with van der Waals surface area (Å²) in [4.78, 5) is 0.347. The number of hydrogen-bond acceptors (Lipinski definition) is 3. The molecule has 0 amide bonds. The molecule has 1 rings (SSSR count). The Hall–Kier alpha value is -1.03. The van der Waals surface area contributed by atoms with Crippen LogP contribution in [0.25, 0.3) is 0 Å². The number of nitrogens with two attached hydrogens (primary N) is 1. The monoisotopic (exact) mass is 157 g/mol. The Morgan fingerprint density at radius 2 is 2.20 bits per heavy atom. The van der Waals surface area contributed by atoms with Crippen LogP contribution < -0.4 is 5.73 Å². The van der Waals surface area contributed by atoms with Crippen LogP contribution >= 0.6 is 0 Å². The van der Waals surface area contributed by atoms with E-state index in [0.717, 1.165) is 0 Å². The molecule has 54 valence electrons. The maximum absolute atomic E-state index is 10.3. The lowest BCUT2D eigenvalue weighted by Crippen LogP contribution is -2.07. The molecule has 0 aliphatic heterocycles. The molecule has 4 heteroatoms. The molecule has 0 radical (unpaired) electrons. The van der Waals surface area contributed by atoms with Crippen molar-refractivity contribution in [1.82, 2.24) is 0 Å². The molecule has 0 aromatic carbocycles. The molecule has 0 aromatic rings. The van der Waals surface area contributed by atoms with Crippen LogP contribution in [0.15, 0.2) is 23.9 Å². The Kier molecular flexibility index (Phi) is 1.91. The van der Waals surface area contributed by atoms with Crippen LogP contribution in [0.4, 0.5) is 0 Å². The van der Waals surface area contributed by atoms with Gasteiger partial charge in [-0.2, -0.15) is 8.42 Å². The highest BCUT2D eigenvalue weighted by atomic mass is 32.2. The summed E-state index contributed by atoms with van der Waals surface area (Å²) in [5.74, 6) is 0. The van der Waals surface area contributed by atoms with Gasteiger partial charge in [-0.1, -0.05) is 6.08 Å². The summed E-state index contributed by atoms with van der Waals surface area (Å²) < 4.78 is 20.7. The van der Waals surface area contributed by atoms with Gasteiger partial charge < -0.3 is 5.73 Å². The smallest absolute Gasteiger partial charge is 0.217 e. The van der Waals surface area contributed by atoms with Crippen LogP contribution in [-0.2, 0) is 10.3 Å². The molecule has 2 N–H and O–H groups in total. The first kappa shape index (κ1) is 7.08. The van der Waals surface area contributed by atoms with Crippen molar-refractivity contribution in [2.75, 3.05) is 0 Å². The summed E-state index contributed by atoms with van der Waals surface area (Å²) >= 11 is 0. The molecule has 0 bridgehead atoms. The minimum Gasteiger partial charge on any atom is -0.402 e. The molecular weight excluding hydrogens is 150 g/mol. The fourth-order valence-electron chi connectivity index (χ4n) is 0.713. The van der Waals surface area contributed by atoms with Crippen molar-refractivity contribution >= 4 is 15.2 Å². The molecule has 0 unspecified atom stereocenters. The van der Waals surface area contributed by atoms with E-state index in [9.17, 15) is 8.42 Å². The molecule has 10 heavy (non-hydrogen) atoms. The average molecular weight is 157 g/mol.